The van der Waals surface area contributed by atoms with Gasteiger partial charge >= 0.3 is 0 Å². The fourth-order valence-corrected chi connectivity index (χ4v) is 2.56. The van der Waals surface area contributed by atoms with Crippen LogP contribution < -0.4 is 5.32 Å². The Morgan fingerprint density at radius 1 is 1.31 bits per heavy atom. The molecule has 1 aromatic rings. The highest BCUT2D eigenvalue weighted by molar-refractivity contribution is 9.10. The lowest BCUT2D eigenvalue weighted by Gasteiger charge is -2.15. The summed E-state index contributed by atoms with van der Waals surface area (Å²) in [5.41, 5.74) is 0.587. The van der Waals surface area contributed by atoms with Gasteiger partial charge in [-0.25, -0.2) is 0 Å². The molecule has 1 saturated carbocycles. The van der Waals surface area contributed by atoms with Crippen molar-refractivity contribution in [1.82, 2.24) is 5.32 Å². The number of carbonyl (C=O) groups is 1. The van der Waals surface area contributed by atoms with E-state index in [-0.39, 0.29) is 5.91 Å². The minimum atomic E-state index is -0.0347. The summed E-state index contributed by atoms with van der Waals surface area (Å²) in [5.74, 6) is -0.0347. The molecule has 4 heteroatoms. The Morgan fingerprint density at radius 3 is 2.56 bits per heavy atom. The maximum atomic E-state index is 11.9. The minimum absolute atomic E-state index is 0.0347. The Kier molecular flexibility index (Phi) is 4.04. The lowest BCUT2D eigenvalue weighted by molar-refractivity contribution is 0.0931. The molecule has 0 radical (unpaired) electrons. The molecular formula is C12H16BrNO2. The molecule has 1 aromatic heterocycles. The van der Waals surface area contributed by atoms with Crippen LogP contribution >= 0.6 is 15.9 Å². The largest absolute Gasteiger partial charge is 0.457 e. The summed E-state index contributed by atoms with van der Waals surface area (Å²) in [7, 11) is 0. The van der Waals surface area contributed by atoms with Crippen molar-refractivity contribution in [2.75, 3.05) is 0 Å². The SMILES string of the molecule is O=C(NC1CCCCCC1)c1ccoc1Br. The molecule has 2 rings (SSSR count). The Labute approximate surface area is 104 Å². The van der Waals surface area contributed by atoms with Crippen molar-refractivity contribution >= 4 is 21.8 Å². The molecule has 1 amide bonds. The van der Waals surface area contributed by atoms with E-state index in [1.54, 1.807) is 6.07 Å². The van der Waals surface area contributed by atoms with Crippen LogP contribution in [-0.4, -0.2) is 11.9 Å². The van der Waals surface area contributed by atoms with E-state index in [4.69, 9.17) is 4.42 Å². The molecular weight excluding hydrogens is 270 g/mol. The van der Waals surface area contributed by atoms with Gasteiger partial charge in [-0.2, -0.15) is 0 Å². The van der Waals surface area contributed by atoms with E-state index in [0.29, 0.717) is 16.3 Å². The number of hydrogen-bond donors (Lipinski definition) is 1. The van der Waals surface area contributed by atoms with Gasteiger partial charge in [0.1, 0.15) is 0 Å². The van der Waals surface area contributed by atoms with Crippen molar-refractivity contribution < 1.29 is 9.21 Å². The van der Waals surface area contributed by atoms with Gasteiger partial charge in [0.15, 0.2) is 4.67 Å². The first-order chi connectivity index (χ1) is 7.77. The molecule has 1 fully saturated rings. The van der Waals surface area contributed by atoms with Crippen molar-refractivity contribution in [3.8, 4) is 0 Å². The zero-order valence-corrected chi connectivity index (χ0v) is 10.8. The summed E-state index contributed by atoms with van der Waals surface area (Å²) in [6, 6.07) is 2.02. The van der Waals surface area contributed by atoms with Crippen LogP contribution in [0.3, 0.4) is 0 Å². The van der Waals surface area contributed by atoms with E-state index in [0.717, 1.165) is 12.8 Å². The molecule has 0 unspecified atom stereocenters. The number of hydrogen-bond acceptors (Lipinski definition) is 2. The second kappa shape index (κ2) is 5.53. The van der Waals surface area contributed by atoms with Gasteiger partial charge < -0.3 is 9.73 Å². The second-order valence-corrected chi connectivity index (χ2v) is 4.99. The Morgan fingerprint density at radius 2 is 2.00 bits per heavy atom. The van der Waals surface area contributed by atoms with Gasteiger partial charge in [0.05, 0.1) is 11.8 Å². The van der Waals surface area contributed by atoms with Crippen LogP contribution in [-0.2, 0) is 0 Å². The highest BCUT2D eigenvalue weighted by atomic mass is 79.9. The van der Waals surface area contributed by atoms with E-state index in [9.17, 15) is 4.79 Å². The van der Waals surface area contributed by atoms with E-state index in [1.807, 2.05) is 0 Å². The lowest BCUT2D eigenvalue weighted by Crippen LogP contribution is -2.34. The molecule has 0 atom stereocenters. The molecule has 1 heterocycles. The molecule has 0 saturated heterocycles. The molecule has 16 heavy (non-hydrogen) atoms. The summed E-state index contributed by atoms with van der Waals surface area (Å²) in [4.78, 5) is 11.9. The topological polar surface area (TPSA) is 42.2 Å². The van der Waals surface area contributed by atoms with Crippen LogP contribution in [0.1, 0.15) is 48.9 Å². The van der Waals surface area contributed by atoms with E-state index < -0.39 is 0 Å². The molecule has 0 spiro atoms. The van der Waals surface area contributed by atoms with Crippen molar-refractivity contribution in [3.63, 3.8) is 0 Å². The highest BCUT2D eigenvalue weighted by Gasteiger charge is 2.18. The Hall–Kier alpha value is -0.770. The Balaban J connectivity index is 1.93. The van der Waals surface area contributed by atoms with Gasteiger partial charge in [0, 0.05) is 6.04 Å². The first kappa shape index (κ1) is 11.7. The van der Waals surface area contributed by atoms with Crippen LogP contribution in [0.25, 0.3) is 0 Å². The number of amides is 1. The average Bonchev–Trinajstić information content (AvgIpc) is 2.53. The minimum Gasteiger partial charge on any atom is -0.457 e. The van der Waals surface area contributed by atoms with Gasteiger partial charge in [0.25, 0.3) is 5.91 Å². The van der Waals surface area contributed by atoms with Crippen LogP contribution in [0.15, 0.2) is 21.4 Å². The lowest BCUT2D eigenvalue weighted by atomic mass is 10.1. The zero-order valence-electron chi connectivity index (χ0n) is 9.17. The van der Waals surface area contributed by atoms with E-state index >= 15 is 0 Å². The summed E-state index contributed by atoms with van der Waals surface area (Å²) in [6.45, 7) is 0. The molecule has 0 aromatic carbocycles. The number of nitrogens with one attached hydrogen (secondary N) is 1. The fourth-order valence-electron chi connectivity index (χ4n) is 2.14. The van der Waals surface area contributed by atoms with Crippen molar-refractivity contribution in [2.24, 2.45) is 0 Å². The molecule has 88 valence electrons. The average molecular weight is 286 g/mol. The molecule has 1 N–H and O–H groups in total. The monoisotopic (exact) mass is 285 g/mol. The predicted molar refractivity (Wildman–Crippen MR) is 65.4 cm³/mol. The van der Waals surface area contributed by atoms with Gasteiger partial charge in [-0.05, 0) is 34.8 Å². The Bertz CT molecular complexity index is 354. The molecule has 0 aliphatic heterocycles. The second-order valence-electron chi connectivity index (χ2n) is 4.27. The van der Waals surface area contributed by atoms with Gasteiger partial charge in [0.2, 0.25) is 0 Å². The van der Waals surface area contributed by atoms with Crippen molar-refractivity contribution in [2.45, 2.75) is 44.6 Å². The standard InChI is InChI=1S/C12H16BrNO2/c13-11-10(7-8-16-11)12(15)14-9-5-3-1-2-4-6-9/h7-9H,1-6H2,(H,14,15). The maximum absolute atomic E-state index is 11.9. The summed E-state index contributed by atoms with van der Waals surface area (Å²) < 4.78 is 5.57. The first-order valence-corrected chi connectivity index (χ1v) is 6.60. The molecule has 1 aliphatic rings. The van der Waals surface area contributed by atoms with Crippen LogP contribution in [0, 0.1) is 0 Å². The van der Waals surface area contributed by atoms with Crippen LogP contribution in [0.5, 0.6) is 0 Å². The number of halogens is 1. The summed E-state index contributed by atoms with van der Waals surface area (Å²) in [6.07, 6.45) is 8.74. The smallest absolute Gasteiger partial charge is 0.255 e. The number of furan rings is 1. The van der Waals surface area contributed by atoms with Crippen LogP contribution in [0.2, 0.25) is 0 Å². The number of carbonyl (C=O) groups excluding carboxylic acids is 1. The fraction of sp³-hybridized carbons (Fsp3) is 0.583. The number of rotatable bonds is 2. The summed E-state index contributed by atoms with van der Waals surface area (Å²) >= 11 is 3.22. The zero-order chi connectivity index (χ0) is 11.4. The maximum Gasteiger partial charge on any atom is 0.255 e. The normalized spacial score (nSPS) is 18.1. The predicted octanol–water partition coefficient (Wildman–Crippen LogP) is 3.49. The van der Waals surface area contributed by atoms with Gasteiger partial charge in [-0.1, -0.05) is 25.7 Å². The van der Waals surface area contributed by atoms with E-state index in [2.05, 4.69) is 21.2 Å². The third-order valence-corrected chi connectivity index (χ3v) is 3.67. The van der Waals surface area contributed by atoms with Crippen LogP contribution in [0.4, 0.5) is 0 Å². The van der Waals surface area contributed by atoms with E-state index in [1.165, 1.54) is 31.9 Å². The molecule has 3 nitrogen and oxygen atoms in total. The molecule has 1 aliphatic carbocycles. The van der Waals surface area contributed by atoms with Crippen molar-refractivity contribution in [1.29, 1.82) is 0 Å². The highest BCUT2D eigenvalue weighted by Crippen LogP contribution is 2.20. The third-order valence-electron chi connectivity index (χ3n) is 3.05. The molecule has 0 bridgehead atoms. The first-order valence-electron chi connectivity index (χ1n) is 5.81. The summed E-state index contributed by atoms with van der Waals surface area (Å²) in [5, 5.41) is 3.07. The van der Waals surface area contributed by atoms with Gasteiger partial charge in [-0.3, -0.25) is 4.79 Å². The third kappa shape index (κ3) is 2.88. The quantitative estimate of drug-likeness (QED) is 0.845. The van der Waals surface area contributed by atoms with Crippen molar-refractivity contribution in [3.05, 3.63) is 22.6 Å². The van der Waals surface area contributed by atoms with Gasteiger partial charge in [-0.15, -0.1) is 0 Å².